The van der Waals surface area contributed by atoms with Crippen molar-refractivity contribution in [1.29, 1.82) is 0 Å². The molecular weight excluding hydrogens is 336 g/mol. The SMILES string of the molecule is CCc1nn(C(C)c2cc3ccccc3nc2Cl)c2ncnc(N)c12. The fourth-order valence-corrected chi connectivity index (χ4v) is 3.42. The number of aryl methyl sites for hydroxylation is 1. The molecule has 0 aliphatic heterocycles. The lowest BCUT2D eigenvalue weighted by molar-refractivity contribution is 0.571. The molecule has 7 heteroatoms. The zero-order chi connectivity index (χ0) is 17.6. The molecule has 0 amide bonds. The highest BCUT2D eigenvalue weighted by Gasteiger charge is 2.21. The molecule has 3 aromatic heterocycles. The topological polar surface area (TPSA) is 82.5 Å². The fourth-order valence-electron chi connectivity index (χ4n) is 3.12. The molecule has 1 unspecified atom stereocenters. The number of nitrogen functional groups attached to an aromatic ring is 1. The third kappa shape index (κ3) is 2.49. The van der Waals surface area contributed by atoms with Gasteiger partial charge in [0.2, 0.25) is 0 Å². The normalized spacial score (nSPS) is 12.8. The number of nitrogens with two attached hydrogens (primary N) is 1. The third-order valence-electron chi connectivity index (χ3n) is 4.45. The van der Waals surface area contributed by atoms with Crippen LogP contribution in [0.15, 0.2) is 36.7 Å². The Hall–Kier alpha value is -2.73. The first-order chi connectivity index (χ1) is 12.1. The van der Waals surface area contributed by atoms with Crippen LogP contribution in [-0.2, 0) is 6.42 Å². The average Bonchev–Trinajstić information content (AvgIpc) is 3.01. The zero-order valence-corrected chi connectivity index (χ0v) is 14.7. The van der Waals surface area contributed by atoms with Gasteiger partial charge in [-0.25, -0.2) is 19.6 Å². The molecule has 4 rings (SSSR count). The highest BCUT2D eigenvalue weighted by molar-refractivity contribution is 6.30. The number of benzene rings is 1. The molecule has 1 atom stereocenters. The van der Waals surface area contributed by atoms with Crippen LogP contribution in [0.5, 0.6) is 0 Å². The van der Waals surface area contributed by atoms with Crippen LogP contribution in [0.2, 0.25) is 5.15 Å². The van der Waals surface area contributed by atoms with E-state index < -0.39 is 0 Å². The second-order valence-electron chi connectivity index (χ2n) is 5.94. The number of rotatable bonds is 3. The van der Waals surface area contributed by atoms with Gasteiger partial charge in [0, 0.05) is 10.9 Å². The van der Waals surface area contributed by atoms with E-state index >= 15 is 0 Å². The van der Waals surface area contributed by atoms with E-state index in [1.165, 1.54) is 6.33 Å². The van der Waals surface area contributed by atoms with Crippen LogP contribution in [0, 0.1) is 0 Å². The number of hydrogen-bond donors (Lipinski definition) is 1. The molecule has 0 spiro atoms. The highest BCUT2D eigenvalue weighted by Crippen LogP contribution is 2.31. The number of halogens is 1. The van der Waals surface area contributed by atoms with Gasteiger partial charge in [-0.2, -0.15) is 5.10 Å². The van der Waals surface area contributed by atoms with E-state index in [-0.39, 0.29) is 6.04 Å². The van der Waals surface area contributed by atoms with Crippen molar-refractivity contribution < 1.29 is 0 Å². The molecule has 6 nitrogen and oxygen atoms in total. The molecule has 25 heavy (non-hydrogen) atoms. The van der Waals surface area contributed by atoms with Crippen LogP contribution in [0.1, 0.15) is 31.1 Å². The molecule has 0 fully saturated rings. The molecule has 4 aromatic rings. The lowest BCUT2D eigenvalue weighted by atomic mass is 10.1. The van der Waals surface area contributed by atoms with Gasteiger partial charge in [0.15, 0.2) is 5.65 Å². The summed E-state index contributed by atoms with van der Waals surface area (Å²) in [5.41, 5.74) is 9.40. The van der Waals surface area contributed by atoms with Crippen LogP contribution < -0.4 is 5.73 Å². The van der Waals surface area contributed by atoms with Crippen molar-refractivity contribution in [2.75, 3.05) is 5.73 Å². The number of hydrogen-bond acceptors (Lipinski definition) is 5. The number of para-hydroxylation sites is 1. The summed E-state index contributed by atoms with van der Waals surface area (Å²) < 4.78 is 1.85. The van der Waals surface area contributed by atoms with Gasteiger partial charge in [-0.15, -0.1) is 0 Å². The Bertz CT molecular complexity index is 1090. The number of pyridine rings is 1. The van der Waals surface area contributed by atoms with Crippen LogP contribution in [0.25, 0.3) is 21.9 Å². The molecule has 126 valence electrons. The van der Waals surface area contributed by atoms with Crippen molar-refractivity contribution in [2.24, 2.45) is 0 Å². The quantitative estimate of drug-likeness (QED) is 0.567. The molecule has 1 aromatic carbocycles. The summed E-state index contributed by atoms with van der Waals surface area (Å²) in [7, 11) is 0. The maximum Gasteiger partial charge on any atom is 0.164 e. The second-order valence-corrected chi connectivity index (χ2v) is 6.30. The highest BCUT2D eigenvalue weighted by atomic mass is 35.5. The largest absolute Gasteiger partial charge is 0.383 e. The minimum Gasteiger partial charge on any atom is -0.383 e. The molecule has 0 radical (unpaired) electrons. The molecule has 0 aliphatic rings. The van der Waals surface area contributed by atoms with Crippen molar-refractivity contribution in [3.8, 4) is 0 Å². The molecule has 3 heterocycles. The summed E-state index contributed by atoms with van der Waals surface area (Å²) in [6.07, 6.45) is 2.21. The van der Waals surface area contributed by atoms with E-state index in [0.29, 0.717) is 16.6 Å². The van der Waals surface area contributed by atoms with E-state index in [0.717, 1.165) is 34.0 Å². The molecule has 0 bridgehead atoms. The Labute approximate surface area is 149 Å². The summed E-state index contributed by atoms with van der Waals surface area (Å²) in [5, 5.41) is 7.03. The standard InChI is InChI=1S/C18H17ClN6/c1-3-13-15-17(20)21-9-22-18(15)25(24-13)10(2)12-8-11-6-4-5-7-14(11)23-16(12)19/h4-10H,3H2,1-2H3,(H2,20,21,22). The van der Waals surface area contributed by atoms with E-state index in [9.17, 15) is 0 Å². The first-order valence-corrected chi connectivity index (χ1v) is 8.50. The summed E-state index contributed by atoms with van der Waals surface area (Å²) in [6.45, 7) is 4.07. The Morgan fingerprint density at radius 2 is 2.04 bits per heavy atom. The summed E-state index contributed by atoms with van der Waals surface area (Å²) in [6, 6.07) is 9.82. The Morgan fingerprint density at radius 3 is 2.84 bits per heavy atom. The lowest BCUT2D eigenvalue weighted by Gasteiger charge is -2.15. The minimum atomic E-state index is -0.137. The van der Waals surface area contributed by atoms with E-state index in [4.69, 9.17) is 22.4 Å². The van der Waals surface area contributed by atoms with Crippen molar-refractivity contribution in [3.63, 3.8) is 0 Å². The number of fused-ring (bicyclic) bond motifs is 2. The van der Waals surface area contributed by atoms with Crippen LogP contribution in [0.3, 0.4) is 0 Å². The second kappa shape index (κ2) is 5.97. The van der Waals surface area contributed by atoms with Gasteiger partial charge in [0.05, 0.1) is 22.6 Å². The van der Waals surface area contributed by atoms with Crippen LogP contribution >= 0.6 is 11.6 Å². The van der Waals surface area contributed by atoms with Gasteiger partial charge in [-0.1, -0.05) is 36.7 Å². The monoisotopic (exact) mass is 352 g/mol. The van der Waals surface area contributed by atoms with Gasteiger partial charge in [-0.05, 0) is 25.5 Å². The Morgan fingerprint density at radius 1 is 1.24 bits per heavy atom. The minimum absolute atomic E-state index is 0.137. The number of aromatic nitrogens is 5. The molecule has 0 aliphatic carbocycles. The van der Waals surface area contributed by atoms with Gasteiger partial charge < -0.3 is 5.73 Å². The lowest BCUT2D eigenvalue weighted by Crippen LogP contribution is -2.11. The summed E-state index contributed by atoms with van der Waals surface area (Å²) in [4.78, 5) is 13.0. The van der Waals surface area contributed by atoms with Gasteiger partial charge in [-0.3, -0.25) is 0 Å². The van der Waals surface area contributed by atoms with E-state index in [1.54, 1.807) is 0 Å². The maximum atomic E-state index is 6.46. The van der Waals surface area contributed by atoms with Crippen molar-refractivity contribution in [1.82, 2.24) is 24.7 Å². The van der Waals surface area contributed by atoms with Crippen LogP contribution in [0.4, 0.5) is 5.82 Å². The van der Waals surface area contributed by atoms with Gasteiger partial charge in [0.25, 0.3) is 0 Å². The average molecular weight is 353 g/mol. The Balaban J connectivity index is 1.92. The van der Waals surface area contributed by atoms with Crippen molar-refractivity contribution in [2.45, 2.75) is 26.3 Å². The summed E-state index contributed by atoms with van der Waals surface area (Å²) >= 11 is 6.46. The molecule has 0 saturated carbocycles. The fraction of sp³-hybridized carbons (Fsp3) is 0.222. The van der Waals surface area contributed by atoms with Crippen LogP contribution in [-0.4, -0.2) is 24.7 Å². The third-order valence-corrected chi connectivity index (χ3v) is 4.75. The predicted molar refractivity (Wildman–Crippen MR) is 99.7 cm³/mol. The summed E-state index contributed by atoms with van der Waals surface area (Å²) in [5.74, 6) is 0.447. The van der Waals surface area contributed by atoms with E-state index in [2.05, 4.69) is 21.0 Å². The van der Waals surface area contributed by atoms with Gasteiger partial charge in [0.1, 0.15) is 17.3 Å². The predicted octanol–water partition coefficient (Wildman–Crippen LogP) is 3.78. The van der Waals surface area contributed by atoms with E-state index in [1.807, 2.05) is 42.8 Å². The number of nitrogens with zero attached hydrogens (tertiary/aromatic N) is 5. The molecule has 0 saturated heterocycles. The first-order valence-electron chi connectivity index (χ1n) is 8.13. The van der Waals surface area contributed by atoms with Crippen molar-refractivity contribution >= 4 is 39.4 Å². The molecular formula is C18H17ClN6. The van der Waals surface area contributed by atoms with Gasteiger partial charge >= 0.3 is 0 Å². The zero-order valence-electron chi connectivity index (χ0n) is 13.9. The Kier molecular flexibility index (Phi) is 3.77. The van der Waals surface area contributed by atoms with Crippen molar-refractivity contribution in [3.05, 3.63) is 53.1 Å². The number of anilines is 1. The smallest absolute Gasteiger partial charge is 0.164 e. The first kappa shape index (κ1) is 15.8. The maximum absolute atomic E-state index is 6.46. The molecule has 2 N–H and O–H groups in total.